The van der Waals surface area contributed by atoms with Gasteiger partial charge in [0, 0.05) is 18.6 Å². The Bertz CT molecular complexity index is 1140. The predicted molar refractivity (Wildman–Crippen MR) is 123 cm³/mol. The normalized spacial score (nSPS) is 12.1. The highest BCUT2D eigenvalue weighted by Gasteiger charge is 2.33. The third-order valence-electron chi connectivity index (χ3n) is 4.09. The Morgan fingerprint density at radius 3 is 2.38 bits per heavy atom. The number of anilines is 2. The molecule has 2 aromatic carbocycles. The van der Waals surface area contributed by atoms with E-state index in [0.717, 1.165) is 28.5 Å². The summed E-state index contributed by atoms with van der Waals surface area (Å²) in [5.74, 6) is -0.871. The van der Waals surface area contributed by atoms with Crippen LogP contribution in [0.5, 0.6) is 0 Å². The molecule has 2 rings (SSSR count). The van der Waals surface area contributed by atoms with Gasteiger partial charge in [-0.2, -0.15) is 18.3 Å². The number of hydrogen-bond donors (Lipinski definition) is 1. The van der Waals surface area contributed by atoms with Crippen molar-refractivity contribution in [2.45, 2.75) is 6.18 Å². The van der Waals surface area contributed by atoms with Gasteiger partial charge >= 0.3 is 6.18 Å². The van der Waals surface area contributed by atoms with Gasteiger partial charge in [0.15, 0.2) is 0 Å². The van der Waals surface area contributed by atoms with E-state index in [0.29, 0.717) is 15.9 Å². The quantitative estimate of drug-likeness (QED) is 0.412. The van der Waals surface area contributed by atoms with Crippen LogP contribution >= 0.6 is 27.5 Å². The van der Waals surface area contributed by atoms with Crippen LogP contribution < -0.4 is 14.6 Å². The lowest BCUT2D eigenvalue weighted by molar-refractivity contribution is -0.137. The molecule has 0 atom stereocenters. The van der Waals surface area contributed by atoms with Crippen molar-refractivity contribution in [1.82, 2.24) is 5.43 Å². The minimum absolute atomic E-state index is 0.259. The molecule has 0 spiro atoms. The summed E-state index contributed by atoms with van der Waals surface area (Å²) in [7, 11) is -0.389. The summed E-state index contributed by atoms with van der Waals surface area (Å²) in [6.45, 7) is -0.819. The van der Waals surface area contributed by atoms with Crippen LogP contribution in [0.4, 0.5) is 24.5 Å². The van der Waals surface area contributed by atoms with Gasteiger partial charge in [-0.25, -0.2) is 13.8 Å². The molecule has 7 nitrogen and oxygen atoms in total. The molecule has 0 heterocycles. The molecule has 0 aliphatic carbocycles. The number of hydrazone groups is 1. The summed E-state index contributed by atoms with van der Waals surface area (Å²) in [5, 5.41) is 3.51. The maximum atomic E-state index is 13.0. The summed E-state index contributed by atoms with van der Waals surface area (Å²) in [5.41, 5.74) is 2.16. The van der Waals surface area contributed by atoms with Crippen molar-refractivity contribution in [3.8, 4) is 0 Å². The van der Waals surface area contributed by atoms with Gasteiger partial charge in [-0.1, -0.05) is 17.7 Å². The van der Waals surface area contributed by atoms with Crippen LogP contribution in [0.3, 0.4) is 0 Å². The maximum absolute atomic E-state index is 13.0. The Morgan fingerprint density at radius 1 is 1.19 bits per heavy atom. The Labute approximate surface area is 197 Å². The molecular weight excluding hydrogens is 537 g/mol. The minimum atomic E-state index is -4.72. The number of carbonyl (C=O) groups excluding carboxylic acids is 1. The number of alkyl halides is 3. The molecule has 0 aliphatic rings. The third-order valence-corrected chi connectivity index (χ3v) is 6.17. The lowest BCUT2D eigenvalue weighted by atomic mass is 10.2. The molecule has 0 saturated heterocycles. The van der Waals surface area contributed by atoms with Gasteiger partial charge in [0.1, 0.15) is 6.54 Å². The summed E-state index contributed by atoms with van der Waals surface area (Å²) in [4.78, 5) is 14.1. The van der Waals surface area contributed by atoms with Gasteiger partial charge in [-0.3, -0.25) is 9.10 Å². The average Bonchev–Trinajstić information content (AvgIpc) is 2.64. The molecular formula is C19H19BrClF3N4O3S. The van der Waals surface area contributed by atoms with E-state index >= 15 is 0 Å². The van der Waals surface area contributed by atoms with E-state index in [-0.39, 0.29) is 5.02 Å². The van der Waals surface area contributed by atoms with Gasteiger partial charge in [-0.15, -0.1) is 0 Å². The first-order valence-corrected chi connectivity index (χ1v) is 11.9. The van der Waals surface area contributed by atoms with Crippen LogP contribution in [-0.2, 0) is 21.0 Å². The first-order valence-electron chi connectivity index (χ1n) is 8.83. The van der Waals surface area contributed by atoms with E-state index in [1.165, 1.54) is 6.21 Å². The number of nitrogens with zero attached hydrogens (tertiary/aromatic N) is 3. The second kappa shape index (κ2) is 10.1. The van der Waals surface area contributed by atoms with Gasteiger partial charge in [0.05, 0.1) is 34.4 Å². The largest absolute Gasteiger partial charge is 0.416 e. The first kappa shape index (κ1) is 25.9. The monoisotopic (exact) mass is 554 g/mol. The zero-order valence-electron chi connectivity index (χ0n) is 17.1. The Morgan fingerprint density at radius 2 is 1.84 bits per heavy atom. The Balaban J connectivity index is 2.20. The van der Waals surface area contributed by atoms with Crippen LogP contribution in [0.2, 0.25) is 5.02 Å². The number of halogens is 5. The van der Waals surface area contributed by atoms with Crippen molar-refractivity contribution in [2.75, 3.05) is 36.1 Å². The molecule has 2 aromatic rings. The van der Waals surface area contributed by atoms with Crippen LogP contribution in [0.15, 0.2) is 46.0 Å². The molecule has 13 heteroatoms. The molecule has 0 fully saturated rings. The minimum Gasteiger partial charge on any atom is -0.377 e. The van der Waals surface area contributed by atoms with Crippen molar-refractivity contribution >= 4 is 61.1 Å². The highest BCUT2D eigenvalue weighted by Crippen LogP contribution is 2.36. The first-order chi connectivity index (χ1) is 14.7. The molecule has 0 radical (unpaired) electrons. The molecule has 174 valence electrons. The number of hydrogen-bond acceptors (Lipinski definition) is 5. The van der Waals surface area contributed by atoms with Crippen LogP contribution in [0.1, 0.15) is 11.1 Å². The third kappa shape index (κ3) is 6.84. The summed E-state index contributed by atoms with van der Waals surface area (Å²) in [6.07, 6.45) is -2.63. The predicted octanol–water partition coefficient (Wildman–Crippen LogP) is 4.10. The number of rotatable bonds is 7. The highest BCUT2D eigenvalue weighted by molar-refractivity contribution is 9.10. The standard InChI is InChI=1S/C19H19BrClF3N4O3S/c1-27(2)16-7-4-12(8-14(16)20)10-25-26-18(29)11-28(32(3,30)31)17-9-13(19(22,23)24)5-6-15(17)21/h4-10H,11H2,1-3H3,(H,26,29)/b25-10-. The smallest absolute Gasteiger partial charge is 0.377 e. The fourth-order valence-corrected chi connectivity index (χ4v) is 4.45. The molecule has 32 heavy (non-hydrogen) atoms. The maximum Gasteiger partial charge on any atom is 0.416 e. The van der Waals surface area contributed by atoms with E-state index in [1.807, 2.05) is 25.1 Å². The number of nitrogens with one attached hydrogen (secondary N) is 1. The fraction of sp³-hybridized carbons (Fsp3) is 0.263. The van der Waals surface area contributed by atoms with Crippen molar-refractivity contribution in [1.29, 1.82) is 0 Å². The number of amides is 1. The summed E-state index contributed by atoms with van der Waals surface area (Å²) >= 11 is 9.34. The fourth-order valence-electron chi connectivity index (χ4n) is 2.57. The van der Waals surface area contributed by atoms with Crippen molar-refractivity contribution in [3.63, 3.8) is 0 Å². The topological polar surface area (TPSA) is 82.1 Å². The molecule has 0 unspecified atom stereocenters. The number of benzene rings is 2. The van der Waals surface area contributed by atoms with Gasteiger partial charge in [0.2, 0.25) is 10.0 Å². The highest BCUT2D eigenvalue weighted by atomic mass is 79.9. The molecule has 0 aliphatic heterocycles. The van der Waals surface area contributed by atoms with Crippen LogP contribution in [0.25, 0.3) is 0 Å². The van der Waals surface area contributed by atoms with Crippen LogP contribution in [0, 0.1) is 0 Å². The number of sulfonamides is 1. The van der Waals surface area contributed by atoms with E-state index < -0.39 is 39.9 Å². The Hall–Kier alpha value is -2.31. The van der Waals surface area contributed by atoms with Crippen molar-refractivity contribution in [2.24, 2.45) is 5.10 Å². The number of carbonyl (C=O) groups is 1. The second-order valence-corrected chi connectivity index (χ2v) is 10.0. The van der Waals surface area contributed by atoms with E-state index in [1.54, 1.807) is 12.1 Å². The molecule has 0 saturated carbocycles. The van der Waals surface area contributed by atoms with Crippen molar-refractivity contribution < 1.29 is 26.4 Å². The average molecular weight is 556 g/mol. The lowest BCUT2D eigenvalue weighted by Crippen LogP contribution is -2.39. The Kier molecular flexibility index (Phi) is 8.18. The molecule has 0 aromatic heterocycles. The van der Waals surface area contributed by atoms with Gasteiger partial charge in [-0.05, 0) is 51.8 Å². The lowest BCUT2D eigenvalue weighted by Gasteiger charge is -2.23. The molecule has 1 amide bonds. The van der Waals surface area contributed by atoms with Gasteiger partial charge < -0.3 is 4.90 Å². The molecule has 0 bridgehead atoms. The van der Waals surface area contributed by atoms with Crippen LogP contribution in [-0.4, -0.2) is 47.4 Å². The SMILES string of the molecule is CN(C)c1ccc(/C=N\NC(=O)CN(c2cc(C(F)(F)F)ccc2Cl)S(C)(=O)=O)cc1Br. The van der Waals surface area contributed by atoms with E-state index in [2.05, 4.69) is 26.5 Å². The summed E-state index contributed by atoms with van der Waals surface area (Å²) < 4.78 is 64.7. The zero-order valence-corrected chi connectivity index (χ0v) is 20.3. The zero-order chi connectivity index (χ0) is 24.3. The van der Waals surface area contributed by atoms with E-state index in [4.69, 9.17) is 11.6 Å². The van der Waals surface area contributed by atoms with Gasteiger partial charge in [0.25, 0.3) is 5.91 Å². The second-order valence-electron chi connectivity index (χ2n) is 6.83. The molecule has 1 N–H and O–H groups in total. The van der Waals surface area contributed by atoms with Crippen molar-refractivity contribution in [3.05, 3.63) is 57.0 Å². The summed E-state index contributed by atoms with van der Waals surface area (Å²) in [6, 6.07) is 7.55. The van der Waals surface area contributed by atoms with E-state index in [9.17, 15) is 26.4 Å².